The molecule has 114 valence electrons. The molecular formula is C15H17N5O2. The number of nitrogens with one attached hydrogen (secondary N) is 1. The van der Waals surface area contributed by atoms with Crippen LogP contribution < -0.4 is 11.1 Å². The van der Waals surface area contributed by atoms with Gasteiger partial charge in [-0.05, 0) is 30.7 Å². The molecule has 3 aromatic heterocycles. The standard InChI is InChI=1S/C15H17N5O2/c16-13-5-4-12-14(18-10-19-15(12)20-13)17-6-2-7-21-9-11-3-1-8-22-11/h1,3-5,8,10H,2,6-7,9H2,(H3,16,17,18,19,20). The first-order valence-electron chi connectivity index (χ1n) is 7.04. The van der Waals surface area contributed by atoms with Crippen LogP contribution in [-0.2, 0) is 11.3 Å². The predicted molar refractivity (Wildman–Crippen MR) is 83.2 cm³/mol. The summed E-state index contributed by atoms with van der Waals surface area (Å²) in [4.78, 5) is 12.5. The predicted octanol–water partition coefficient (Wildman–Crippen LogP) is 2.22. The summed E-state index contributed by atoms with van der Waals surface area (Å²) in [6.45, 7) is 1.88. The van der Waals surface area contributed by atoms with Crippen molar-refractivity contribution in [2.45, 2.75) is 13.0 Å². The Morgan fingerprint density at radius 1 is 1.23 bits per heavy atom. The van der Waals surface area contributed by atoms with E-state index in [0.29, 0.717) is 24.7 Å². The largest absolute Gasteiger partial charge is 0.467 e. The molecule has 0 saturated heterocycles. The van der Waals surface area contributed by atoms with Gasteiger partial charge in [-0.25, -0.2) is 15.0 Å². The first-order chi connectivity index (χ1) is 10.8. The molecular weight excluding hydrogens is 282 g/mol. The van der Waals surface area contributed by atoms with Gasteiger partial charge < -0.3 is 20.2 Å². The van der Waals surface area contributed by atoms with Crippen molar-refractivity contribution in [2.24, 2.45) is 0 Å². The third-order valence-corrected chi connectivity index (χ3v) is 3.10. The number of hydrogen-bond acceptors (Lipinski definition) is 7. The third-order valence-electron chi connectivity index (χ3n) is 3.10. The Morgan fingerprint density at radius 2 is 2.18 bits per heavy atom. The summed E-state index contributed by atoms with van der Waals surface area (Å²) in [5.41, 5.74) is 6.24. The maximum Gasteiger partial charge on any atom is 0.166 e. The fourth-order valence-electron chi connectivity index (χ4n) is 2.05. The van der Waals surface area contributed by atoms with Gasteiger partial charge in [-0.2, -0.15) is 0 Å². The molecule has 0 aliphatic rings. The van der Waals surface area contributed by atoms with E-state index >= 15 is 0 Å². The van der Waals surface area contributed by atoms with Gasteiger partial charge in [0.25, 0.3) is 0 Å². The summed E-state index contributed by atoms with van der Waals surface area (Å²) >= 11 is 0. The van der Waals surface area contributed by atoms with Crippen molar-refractivity contribution in [3.8, 4) is 0 Å². The average molecular weight is 299 g/mol. The van der Waals surface area contributed by atoms with E-state index in [0.717, 1.165) is 29.9 Å². The van der Waals surface area contributed by atoms with Crippen molar-refractivity contribution in [3.63, 3.8) is 0 Å². The zero-order valence-electron chi connectivity index (χ0n) is 12.0. The number of hydrogen-bond donors (Lipinski definition) is 2. The molecule has 7 heteroatoms. The number of nitrogens with two attached hydrogens (primary N) is 1. The lowest BCUT2D eigenvalue weighted by Crippen LogP contribution is -2.08. The Morgan fingerprint density at radius 3 is 3.05 bits per heavy atom. The van der Waals surface area contributed by atoms with Crippen LogP contribution in [0.1, 0.15) is 12.2 Å². The Labute approximate surface area is 127 Å². The maximum atomic E-state index is 5.65. The average Bonchev–Trinajstić information content (AvgIpc) is 3.03. The Balaban J connectivity index is 1.47. The molecule has 0 atom stereocenters. The highest BCUT2D eigenvalue weighted by molar-refractivity contribution is 5.86. The Kier molecular flexibility index (Phi) is 4.45. The molecule has 0 bridgehead atoms. The van der Waals surface area contributed by atoms with Crippen molar-refractivity contribution in [2.75, 3.05) is 24.2 Å². The van der Waals surface area contributed by atoms with Crippen LogP contribution in [0.15, 0.2) is 41.3 Å². The molecule has 0 fully saturated rings. The van der Waals surface area contributed by atoms with E-state index in [1.54, 1.807) is 12.3 Å². The van der Waals surface area contributed by atoms with E-state index in [2.05, 4.69) is 20.3 Å². The highest BCUT2D eigenvalue weighted by atomic mass is 16.5. The highest BCUT2D eigenvalue weighted by Gasteiger charge is 2.04. The van der Waals surface area contributed by atoms with Crippen LogP contribution in [0.5, 0.6) is 0 Å². The van der Waals surface area contributed by atoms with Gasteiger partial charge in [0.2, 0.25) is 0 Å². The zero-order valence-corrected chi connectivity index (χ0v) is 12.0. The van der Waals surface area contributed by atoms with Crippen molar-refractivity contribution in [3.05, 3.63) is 42.6 Å². The zero-order chi connectivity index (χ0) is 15.2. The van der Waals surface area contributed by atoms with Crippen LogP contribution in [0.4, 0.5) is 11.6 Å². The van der Waals surface area contributed by atoms with Crippen LogP contribution in [0.2, 0.25) is 0 Å². The second-order valence-corrected chi connectivity index (χ2v) is 4.74. The smallest absolute Gasteiger partial charge is 0.166 e. The molecule has 0 aliphatic carbocycles. The van der Waals surface area contributed by atoms with Crippen LogP contribution in [0.3, 0.4) is 0 Å². The molecule has 0 amide bonds. The van der Waals surface area contributed by atoms with E-state index in [1.165, 1.54) is 6.33 Å². The maximum absolute atomic E-state index is 5.65. The number of fused-ring (bicyclic) bond motifs is 1. The molecule has 7 nitrogen and oxygen atoms in total. The highest BCUT2D eigenvalue weighted by Crippen LogP contribution is 2.18. The summed E-state index contributed by atoms with van der Waals surface area (Å²) < 4.78 is 10.7. The molecule has 0 aliphatic heterocycles. The molecule has 0 radical (unpaired) electrons. The molecule has 3 N–H and O–H groups in total. The quantitative estimate of drug-likeness (QED) is 0.645. The topological polar surface area (TPSA) is 99.1 Å². The molecule has 0 saturated carbocycles. The van der Waals surface area contributed by atoms with E-state index in [9.17, 15) is 0 Å². The van der Waals surface area contributed by atoms with E-state index in [4.69, 9.17) is 14.9 Å². The number of anilines is 2. The number of furan rings is 1. The van der Waals surface area contributed by atoms with Crippen molar-refractivity contribution >= 4 is 22.7 Å². The summed E-state index contributed by atoms with van der Waals surface area (Å²) in [6.07, 6.45) is 3.97. The lowest BCUT2D eigenvalue weighted by molar-refractivity contribution is 0.106. The third kappa shape index (κ3) is 3.50. The van der Waals surface area contributed by atoms with Crippen LogP contribution >= 0.6 is 0 Å². The number of ether oxygens (including phenoxy) is 1. The fraction of sp³-hybridized carbons (Fsp3) is 0.267. The molecule has 0 aromatic carbocycles. The van der Waals surface area contributed by atoms with Gasteiger partial charge in [0, 0.05) is 13.2 Å². The lowest BCUT2D eigenvalue weighted by atomic mass is 10.3. The van der Waals surface area contributed by atoms with Crippen LogP contribution in [-0.4, -0.2) is 28.1 Å². The molecule has 0 spiro atoms. The minimum atomic E-state index is 0.448. The van der Waals surface area contributed by atoms with Gasteiger partial charge in [0.15, 0.2) is 5.65 Å². The second kappa shape index (κ2) is 6.86. The van der Waals surface area contributed by atoms with E-state index in [1.807, 2.05) is 18.2 Å². The number of nitrogens with zero attached hydrogens (tertiary/aromatic N) is 3. The number of nitrogen functional groups attached to an aromatic ring is 1. The van der Waals surface area contributed by atoms with Crippen molar-refractivity contribution in [1.29, 1.82) is 0 Å². The molecule has 22 heavy (non-hydrogen) atoms. The van der Waals surface area contributed by atoms with Gasteiger partial charge in [-0.1, -0.05) is 0 Å². The summed E-state index contributed by atoms with van der Waals surface area (Å²) in [5.74, 6) is 2.03. The van der Waals surface area contributed by atoms with Crippen LogP contribution in [0.25, 0.3) is 11.0 Å². The molecule has 3 aromatic rings. The minimum absolute atomic E-state index is 0.448. The molecule has 3 rings (SSSR count). The van der Waals surface area contributed by atoms with Gasteiger partial charge in [0.1, 0.15) is 30.3 Å². The number of aromatic nitrogens is 3. The first-order valence-corrected chi connectivity index (χ1v) is 7.04. The normalized spacial score (nSPS) is 10.9. The van der Waals surface area contributed by atoms with E-state index < -0.39 is 0 Å². The van der Waals surface area contributed by atoms with Crippen molar-refractivity contribution in [1.82, 2.24) is 15.0 Å². The Bertz CT molecular complexity index is 730. The number of rotatable bonds is 7. The van der Waals surface area contributed by atoms with Gasteiger partial charge >= 0.3 is 0 Å². The van der Waals surface area contributed by atoms with Gasteiger partial charge in [-0.3, -0.25) is 0 Å². The number of pyridine rings is 1. The lowest BCUT2D eigenvalue weighted by Gasteiger charge is -2.08. The van der Waals surface area contributed by atoms with Crippen LogP contribution in [0, 0.1) is 0 Å². The second-order valence-electron chi connectivity index (χ2n) is 4.74. The van der Waals surface area contributed by atoms with Gasteiger partial charge in [0.05, 0.1) is 11.6 Å². The summed E-state index contributed by atoms with van der Waals surface area (Å²) in [6, 6.07) is 7.35. The van der Waals surface area contributed by atoms with Gasteiger partial charge in [-0.15, -0.1) is 0 Å². The fourth-order valence-corrected chi connectivity index (χ4v) is 2.05. The monoisotopic (exact) mass is 299 g/mol. The summed E-state index contributed by atoms with van der Waals surface area (Å²) in [7, 11) is 0. The molecule has 0 unspecified atom stereocenters. The SMILES string of the molecule is Nc1ccc2c(NCCCOCc3ccco3)ncnc2n1. The first kappa shape index (κ1) is 14.3. The minimum Gasteiger partial charge on any atom is -0.467 e. The van der Waals surface area contributed by atoms with Crippen molar-refractivity contribution < 1.29 is 9.15 Å². The summed E-state index contributed by atoms with van der Waals surface area (Å²) in [5, 5.41) is 4.12. The molecule has 3 heterocycles. The Hall–Kier alpha value is -2.67. The van der Waals surface area contributed by atoms with E-state index in [-0.39, 0.29) is 0 Å².